The van der Waals surface area contributed by atoms with Gasteiger partial charge in [0, 0.05) is 17.5 Å². The highest BCUT2D eigenvalue weighted by molar-refractivity contribution is 7.60. The van der Waals surface area contributed by atoms with Gasteiger partial charge >= 0.3 is 31.5 Å². The van der Waals surface area contributed by atoms with E-state index in [1.807, 2.05) is 0 Å². The fourth-order valence-electron chi connectivity index (χ4n) is 2.58. The number of nitrogens with zero attached hydrogens (tertiary/aromatic N) is 5. The summed E-state index contributed by atoms with van der Waals surface area (Å²) < 4.78 is 26.2. The SMILES string of the molecule is [N-]=[N+]=NCOC1C[C@H](n2cc(C#CCN)c(N)nc2=O)O[C@@H]1COP(O)OP(O)OP(O)O. The molecule has 3 unspecified atom stereocenters. The highest BCUT2D eigenvalue weighted by atomic mass is 31.3. The maximum absolute atomic E-state index is 12.3. The predicted octanol–water partition coefficient (Wildman–Crippen LogP) is -0.224. The predicted molar refractivity (Wildman–Crippen MR) is 114 cm³/mol. The van der Waals surface area contributed by atoms with E-state index in [2.05, 4.69) is 35.5 Å². The van der Waals surface area contributed by atoms with E-state index in [0.29, 0.717) is 0 Å². The molecular formula is C13H20N7O10P3. The van der Waals surface area contributed by atoms with Crippen LogP contribution < -0.4 is 17.2 Å². The highest BCUT2D eigenvalue weighted by Gasteiger charge is 2.38. The summed E-state index contributed by atoms with van der Waals surface area (Å²) in [7, 11) is -8.39. The Balaban J connectivity index is 2.12. The van der Waals surface area contributed by atoms with Gasteiger partial charge in [-0.25, -0.2) is 13.4 Å². The first-order valence-corrected chi connectivity index (χ1v) is 12.2. The third kappa shape index (κ3) is 8.95. The molecule has 182 valence electrons. The molecule has 0 radical (unpaired) electrons. The summed E-state index contributed by atoms with van der Waals surface area (Å²) in [6.45, 7) is -0.613. The summed E-state index contributed by atoms with van der Waals surface area (Å²) in [6.07, 6.45) is -1.08. The second kappa shape index (κ2) is 14.0. The van der Waals surface area contributed by atoms with Crippen LogP contribution in [-0.2, 0) is 22.6 Å². The molecule has 33 heavy (non-hydrogen) atoms. The molecule has 0 aromatic carbocycles. The largest absolute Gasteiger partial charge is 0.382 e. The van der Waals surface area contributed by atoms with Gasteiger partial charge in [-0.2, -0.15) is 4.98 Å². The van der Waals surface area contributed by atoms with E-state index in [-0.39, 0.29) is 37.7 Å². The Labute approximate surface area is 189 Å². The van der Waals surface area contributed by atoms with Crippen molar-refractivity contribution in [2.24, 2.45) is 10.8 Å². The Kier molecular flexibility index (Phi) is 11.7. The monoisotopic (exact) mass is 527 g/mol. The molecule has 2 rings (SSSR count). The molecule has 0 saturated carbocycles. The van der Waals surface area contributed by atoms with Gasteiger partial charge in [0.1, 0.15) is 24.9 Å². The van der Waals surface area contributed by atoms with E-state index in [1.165, 1.54) is 6.20 Å². The summed E-state index contributed by atoms with van der Waals surface area (Å²) in [5.74, 6) is 5.22. The van der Waals surface area contributed by atoms with E-state index in [0.717, 1.165) is 4.57 Å². The number of rotatable bonds is 11. The molecular weight excluding hydrogens is 507 g/mol. The number of aromatic nitrogens is 2. The Morgan fingerprint density at radius 3 is 2.79 bits per heavy atom. The molecule has 17 nitrogen and oxygen atoms in total. The highest BCUT2D eigenvalue weighted by Crippen LogP contribution is 2.55. The Hall–Kier alpha value is -1.56. The molecule has 1 aliphatic rings. The second-order valence-corrected chi connectivity index (χ2v) is 8.87. The first-order chi connectivity index (χ1) is 15.7. The van der Waals surface area contributed by atoms with Crippen molar-refractivity contribution < 1.29 is 42.2 Å². The molecule has 1 aromatic heterocycles. The van der Waals surface area contributed by atoms with Crippen LogP contribution >= 0.6 is 25.8 Å². The number of anilines is 1. The van der Waals surface area contributed by atoms with E-state index < -0.39 is 49.9 Å². The van der Waals surface area contributed by atoms with Crippen LogP contribution in [0.3, 0.4) is 0 Å². The lowest BCUT2D eigenvalue weighted by molar-refractivity contribution is -0.0578. The van der Waals surface area contributed by atoms with Crippen LogP contribution in [0, 0.1) is 11.8 Å². The maximum Gasteiger partial charge on any atom is 0.351 e. The summed E-state index contributed by atoms with van der Waals surface area (Å²) in [5, 5.41) is 3.28. The van der Waals surface area contributed by atoms with Gasteiger partial charge in [0.15, 0.2) is 0 Å². The first kappa shape index (κ1) is 27.7. The molecule has 1 aromatic rings. The van der Waals surface area contributed by atoms with Gasteiger partial charge in [0.05, 0.1) is 24.8 Å². The lowest BCUT2D eigenvalue weighted by Crippen LogP contribution is -2.29. The van der Waals surface area contributed by atoms with Crippen molar-refractivity contribution in [3.05, 3.63) is 32.7 Å². The average molecular weight is 527 g/mol. The fourth-order valence-corrected chi connectivity index (χ4v) is 4.41. The fraction of sp³-hybridized carbons (Fsp3) is 0.538. The second-order valence-electron chi connectivity index (χ2n) is 5.85. The number of nitrogens with two attached hydrogens (primary N) is 2. The van der Waals surface area contributed by atoms with Gasteiger partial charge in [0.25, 0.3) is 0 Å². The number of hydrogen-bond acceptors (Lipinski definition) is 14. The third-order valence-electron chi connectivity index (χ3n) is 3.84. The number of ether oxygens (including phenoxy) is 2. The van der Waals surface area contributed by atoms with Crippen molar-refractivity contribution in [1.29, 1.82) is 0 Å². The number of nitrogen functional groups attached to an aromatic ring is 1. The molecule has 1 aliphatic heterocycles. The smallest absolute Gasteiger partial charge is 0.351 e. The molecule has 2 heterocycles. The van der Waals surface area contributed by atoms with Crippen molar-refractivity contribution in [3.63, 3.8) is 0 Å². The van der Waals surface area contributed by atoms with E-state index in [9.17, 15) is 14.6 Å². The summed E-state index contributed by atoms with van der Waals surface area (Å²) >= 11 is 0. The van der Waals surface area contributed by atoms with Crippen LogP contribution in [0.5, 0.6) is 0 Å². The van der Waals surface area contributed by atoms with Crippen LogP contribution in [-0.4, -0.2) is 61.2 Å². The molecule has 5 atom stereocenters. The van der Waals surface area contributed by atoms with Gasteiger partial charge in [-0.05, 0) is 5.53 Å². The third-order valence-corrected chi connectivity index (χ3v) is 6.47. The minimum absolute atomic E-state index is 0.0683. The van der Waals surface area contributed by atoms with Crippen molar-refractivity contribution in [3.8, 4) is 11.8 Å². The van der Waals surface area contributed by atoms with Crippen LogP contribution in [0.4, 0.5) is 5.82 Å². The van der Waals surface area contributed by atoms with Crippen LogP contribution in [0.15, 0.2) is 16.1 Å². The van der Waals surface area contributed by atoms with Crippen molar-refractivity contribution >= 4 is 31.6 Å². The minimum atomic E-state index is -2.90. The molecule has 1 fully saturated rings. The van der Waals surface area contributed by atoms with E-state index in [1.54, 1.807) is 0 Å². The molecule has 0 bridgehead atoms. The van der Waals surface area contributed by atoms with Gasteiger partial charge in [-0.3, -0.25) is 4.57 Å². The van der Waals surface area contributed by atoms with Crippen molar-refractivity contribution in [2.75, 3.05) is 25.6 Å². The number of azide groups is 1. The lowest BCUT2D eigenvalue weighted by atomic mass is 10.2. The summed E-state index contributed by atoms with van der Waals surface area (Å²) in [4.78, 5) is 55.0. The molecule has 0 spiro atoms. The first-order valence-electron chi connectivity index (χ1n) is 8.75. The van der Waals surface area contributed by atoms with E-state index >= 15 is 0 Å². The molecule has 8 N–H and O–H groups in total. The topological polar surface area (TPSA) is 263 Å². The van der Waals surface area contributed by atoms with Crippen LogP contribution in [0.2, 0.25) is 0 Å². The van der Waals surface area contributed by atoms with Crippen LogP contribution in [0.25, 0.3) is 10.4 Å². The van der Waals surface area contributed by atoms with Crippen LogP contribution in [0.1, 0.15) is 18.2 Å². The van der Waals surface area contributed by atoms with Crippen molar-refractivity contribution in [1.82, 2.24) is 9.55 Å². The van der Waals surface area contributed by atoms with Gasteiger partial charge < -0.3 is 45.0 Å². The minimum Gasteiger partial charge on any atom is -0.382 e. The number of hydrogen-bond donors (Lipinski definition) is 6. The zero-order valence-corrected chi connectivity index (χ0v) is 19.3. The van der Waals surface area contributed by atoms with Gasteiger partial charge in [-0.15, -0.1) is 0 Å². The Morgan fingerprint density at radius 1 is 1.36 bits per heavy atom. The van der Waals surface area contributed by atoms with Gasteiger partial charge in [0.2, 0.25) is 0 Å². The Morgan fingerprint density at radius 2 is 2.12 bits per heavy atom. The molecule has 1 saturated heterocycles. The lowest BCUT2D eigenvalue weighted by Gasteiger charge is -2.20. The maximum atomic E-state index is 12.3. The van der Waals surface area contributed by atoms with Crippen molar-refractivity contribution in [2.45, 2.75) is 24.9 Å². The normalized spacial score (nSPS) is 21.8. The molecule has 20 heteroatoms. The Bertz CT molecular complexity index is 953. The zero-order valence-electron chi connectivity index (χ0n) is 16.6. The molecule has 0 aliphatic carbocycles. The summed E-state index contributed by atoms with van der Waals surface area (Å²) in [5.41, 5.74) is 19.1. The zero-order chi connectivity index (χ0) is 24.4. The van der Waals surface area contributed by atoms with Gasteiger partial charge in [-0.1, -0.05) is 17.0 Å². The van der Waals surface area contributed by atoms with E-state index in [4.69, 9.17) is 40.8 Å². The summed E-state index contributed by atoms with van der Waals surface area (Å²) in [6, 6.07) is 0. The standard InChI is InChI=1S/C13H20N7O10P3/c14-3-1-2-8-5-20(13(21)18-12(8)15)11-4-9(26-7-17-19-16)10(28-11)6-27-32(24)30-33(25)29-31(22)23/h5,9-11,22-25H,3-4,6-7,14H2,(H2,15,18,21)/t9?,10-,11-,32?,33?/m1/s1. The molecule has 0 amide bonds. The average Bonchev–Trinajstić information content (AvgIpc) is 3.14. The quantitative estimate of drug-likeness (QED) is 0.0715.